The first-order valence-electron chi connectivity index (χ1n) is 9.98. The van der Waals surface area contributed by atoms with Crippen LogP contribution in [-0.2, 0) is 22.5 Å². The van der Waals surface area contributed by atoms with Crippen molar-refractivity contribution >= 4 is 23.4 Å². The van der Waals surface area contributed by atoms with E-state index in [4.69, 9.17) is 4.74 Å². The smallest absolute Gasteiger partial charge is 0.237 e. The highest BCUT2D eigenvalue weighted by molar-refractivity contribution is 8.00. The number of hydrogen-bond donors (Lipinski definition) is 1. The molecule has 1 heterocycles. The Morgan fingerprint density at radius 2 is 1.80 bits per heavy atom. The van der Waals surface area contributed by atoms with E-state index in [1.54, 1.807) is 7.11 Å². The third kappa shape index (κ3) is 5.49. The molecule has 0 aliphatic heterocycles. The Morgan fingerprint density at radius 1 is 1.10 bits per heavy atom. The van der Waals surface area contributed by atoms with Gasteiger partial charge in [0, 0.05) is 25.8 Å². The molecule has 1 amide bonds. The molecule has 1 atom stereocenters. The number of rotatable bonds is 9. The Morgan fingerprint density at radius 3 is 2.47 bits per heavy atom. The molecular formula is C23H28N4O2S. The summed E-state index contributed by atoms with van der Waals surface area (Å²) in [5.74, 6) is 0.811. The van der Waals surface area contributed by atoms with Gasteiger partial charge in [-0.15, -0.1) is 10.2 Å². The van der Waals surface area contributed by atoms with Gasteiger partial charge in [0.2, 0.25) is 5.91 Å². The Kier molecular flexibility index (Phi) is 7.65. The van der Waals surface area contributed by atoms with Crippen molar-refractivity contribution in [2.75, 3.05) is 19.0 Å². The lowest BCUT2D eigenvalue weighted by atomic mass is 10.1. The maximum Gasteiger partial charge on any atom is 0.237 e. The summed E-state index contributed by atoms with van der Waals surface area (Å²) in [6.45, 7) is 7.07. The molecule has 0 saturated heterocycles. The second-order valence-corrected chi connectivity index (χ2v) is 8.53. The highest BCUT2D eigenvalue weighted by atomic mass is 32.2. The van der Waals surface area contributed by atoms with Crippen molar-refractivity contribution in [2.24, 2.45) is 0 Å². The summed E-state index contributed by atoms with van der Waals surface area (Å²) in [6, 6.07) is 16.2. The van der Waals surface area contributed by atoms with Crippen molar-refractivity contribution in [3.8, 4) is 0 Å². The lowest BCUT2D eigenvalue weighted by molar-refractivity contribution is -0.115. The first kappa shape index (κ1) is 22.1. The molecule has 3 aromatic rings. The van der Waals surface area contributed by atoms with E-state index < -0.39 is 0 Å². The van der Waals surface area contributed by atoms with Crippen molar-refractivity contribution < 1.29 is 9.53 Å². The number of hydrogen-bond acceptors (Lipinski definition) is 5. The number of ether oxygens (including phenoxy) is 1. The standard InChI is InChI=1S/C23H28N4O2S/c1-16-9-8-10-17(2)21(16)24-22(28)18(3)30-23-26-25-20(27(23)13-14-29-4)15-19-11-6-5-7-12-19/h5-12,18H,13-15H2,1-4H3,(H,24,28)/t18-/m1/s1. The fraction of sp³-hybridized carbons (Fsp3) is 0.348. The number of nitrogens with zero attached hydrogens (tertiary/aromatic N) is 3. The first-order chi connectivity index (χ1) is 14.5. The SMILES string of the molecule is COCCn1c(Cc2ccccc2)nnc1S[C@H](C)C(=O)Nc1c(C)cccc1C. The fourth-order valence-electron chi connectivity index (χ4n) is 3.17. The van der Waals surface area contributed by atoms with Gasteiger partial charge in [-0.2, -0.15) is 0 Å². The van der Waals surface area contributed by atoms with Crippen molar-refractivity contribution in [3.05, 3.63) is 71.0 Å². The summed E-state index contributed by atoms with van der Waals surface area (Å²) in [5, 5.41) is 12.2. The molecule has 1 aromatic heterocycles. The van der Waals surface area contributed by atoms with E-state index in [0.29, 0.717) is 19.6 Å². The van der Waals surface area contributed by atoms with Gasteiger partial charge in [0.1, 0.15) is 5.82 Å². The summed E-state index contributed by atoms with van der Waals surface area (Å²) in [6.07, 6.45) is 0.682. The van der Waals surface area contributed by atoms with Gasteiger partial charge in [-0.1, -0.05) is 60.3 Å². The minimum Gasteiger partial charge on any atom is -0.383 e. The van der Waals surface area contributed by atoms with Crippen LogP contribution in [0.3, 0.4) is 0 Å². The summed E-state index contributed by atoms with van der Waals surface area (Å²) >= 11 is 1.41. The number of para-hydroxylation sites is 1. The van der Waals surface area contributed by atoms with Gasteiger partial charge >= 0.3 is 0 Å². The number of thioether (sulfide) groups is 1. The molecule has 0 saturated carbocycles. The van der Waals surface area contributed by atoms with Crippen LogP contribution >= 0.6 is 11.8 Å². The van der Waals surface area contributed by atoms with Crippen molar-refractivity contribution in [2.45, 2.75) is 44.1 Å². The predicted molar refractivity (Wildman–Crippen MR) is 121 cm³/mol. The third-order valence-electron chi connectivity index (χ3n) is 4.90. The molecule has 6 nitrogen and oxygen atoms in total. The van der Waals surface area contributed by atoms with Crippen LogP contribution in [0.2, 0.25) is 0 Å². The molecule has 158 valence electrons. The lowest BCUT2D eigenvalue weighted by Crippen LogP contribution is -2.24. The lowest BCUT2D eigenvalue weighted by Gasteiger charge is -2.16. The van der Waals surface area contributed by atoms with E-state index in [1.807, 2.05) is 61.7 Å². The molecule has 0 spiro atoms. The Hall–Kier alpha value is -2.64. The molecule has 0 radical (unpaired) electrons. The van der Waals surface area contributed by atoms with Crippen LogP contribution in [0, 0.1) is 13.8 Å². The predicted octanol–water partition coefficient (Wildman–Crippen LogP) is 4.25. The van der Waals surface area contributed by atoms with E-state index in [0.717, 1.165) is 27.8 Å². The van der Waals surface area contributed by atoms with Crippen LogP contribution in [0.1, 0.15) is 29.4 Å². The number of methoxy groups -OCH3 is 1. The van der Waals surface area contributed by atoms with Crippen molar-refractivity contribution in [1.82, 2.24) is 14.8 Å². The van der Waals surface area contributed by atoms with E-state index in [9.17, 15) is 4.79 Å². The van der Waals surface area contributed by atoms with Crippen LogP contribution in [0.4, 0.5) is 5.69 Å². The van der Waals surface area contributed by atoms with Crippen molar-refractivity contribution in [1.29, 1.82) is 0 Å². The minimum atomic E-state index is -0.320. The maximum absolute atomic E-state index is 12.8. The number of nitrogens with one attached hydrogen (secondary N) is 1. The molecule has 0 aliphatic carbocycles. The summed E-state index contributed by atoms with van der Waals surface area (Å²) in [7, 11) is 1.68. The van der Waals surface area contributed by atoms with Gasteiger partial charge in [0.25, 0.3) is 0 Å². The number of aromatic nitrogens is 3. The van der Waals surface area contributed by atoms with Crippen LogP contribution in [0.5, 0.6) is 0 Å². The second kappa shape index (κ2) is 10.4. The van der Waals surface area contributed by atoms with Crippen LogP contribution in [-0.4, -0.2) is 39.6 Å². The molecule has 0 bridgehead atoms. The fourth-order valence-corrected chi connectivity index (χ4v) is 4.06. The van der Waals surface area contributed by atoms with E-state index in [-0.39, 0.29) is 11.2 Å². The molecule has 1 N–H and O–H groups in total. The molecule has 3 rings (SSSR count). The topological polar surface area (TPSA) is 69.0 Å². The van der Waals surface area contributed by atoms with Gasteiger partial charge in [-0.25, -0.2) is 0 Å². The highest BCUT2D eigenvalue weighted by Crippen LogP contribution is 2.26. The van der Waals surface area contributed by atoms with Crippen LogP contribution in [0.15, 0.2) is 53.7 Å². The second-order valence-electron chi connectivity index (χ2n) is 7.22. The van der Waals surface area contributed by atoms with E-state index >= 15 is 0 Å². The monoisotopic (exact) mass is 424 g/mol. The van der Waals surface area contributed by atoms with Crippen molar-refractivity contribution in [3.63, 3.8) is 0 Å². The normalized spacial score (nSPS) is 12.0. The van der Waals surface area contributed by atoms with Crippen LogP contribution < -0.4 is 5.32 Å². The number of carbonyl (C=O) groups is 1. The van der Waals surface area contributed by atoms with E-state index in [1.165, 1.54) is 17.3 Å². The number of benzene rings is 2. The minimum absolute atomic E-state index is 0.0525. The molecular weight excluding hydrogens is 396 g/mol. The molecule has 2 aromatic carbocycles. The zero-order valence-corrected chi connectivity index (χ0v) is 18.7. The quantitative estimate of drug-likeness (QED) is 0.520. The number of aryl methyl sites for hydroxylation is 2. The average molecular weight is 425 g/mol. The van der Waals surface area contributed by atoms with Crippen LogP contribution in [0.25, 0.3) is 0 Å². The number of amides is 1. The van der Waals surface area contributed by atoms with Gasteiger partial charge in [-0.3, -0.25) is 4.79 Å². The summed E-state index contributed by atoms with van der Waals surface area (Å²) in [5.41, 5.74) is 4.14. The zero-order valence-electron chi connectivity index (χ0n) is 17.9. The highest BCUT2D eigenvalue weighted by Gasteiger charge is 2.21. The molecule has 0 fully saturated rings. The Balaban J connectivity index is 1.75. The maximum atomic E-state index is 12.8. The number of anilines is 1. The molecule has 0 unspecified atom stereocenters. The van der Waals surface area contributed by atoms with Gasteiger partial charge in [0.05, 0.1) is 11.9 Å². The zero-order chi connectivity index (χ0) is 21.5. The molecule has 7 heteroatoms. The molecule has 0 aliphatic rings. The first-order valence-corrected chi connectivity index (χ1v) is 10.9. The van der Waals surface area contributed by atoms with E-state index in [2.05, 4.69) is 27.6 Å². The van der Waals surface area contributed by atoms with Gasteiger partial charge < -0.3 is 14.6 Å². The third-order valence-corrected chi connectivity index (χ3v) is 5.98. The Bertz CT molecular complexity index is 968. The average Bonchev–Trinajstić information content (AvgIpc) is 3.10. The number of carbonyl (C=O) groups excluding carboxylic acids is 1. The molecule has 30 heavy (non-hydrogen) atoms. The van der Waals surface area contributed by atoms with Gasteiger partial charge in [-0.05, 0) is 37.5 Å². The summed E-state index contributed by atoms with van der Waals surface area (Å²) in [4.78, 5) is 12.8. The largest absolute Gasteiger partial charge is 0.383 e. The summed E-state index contributed by atoms with van der Waals surface area (Å²) < 4.78 is 7.31. The Labute approximate surface area is 182 Å². The van der Waals surface area contributed by atoms with Gasteiger partial charge in [0.15, 0.2) is 5.16 Å².